The molecule has 3 rings (SSSR count). The summed E-state index contributed by atoms with van der Waals surface area (Å²) in [7, 11) is 1.67. The summed E-state index contributed by atoms with van der Waals surface area (Å²) < 4.78 is 12.7. The minimum Gasteiger partial charge on any atom is -0.382 e. The van der Waals surface area contributed by atoms with Crippen LogP contribution in [0.15, 0.2) is 4.99 Å². The molecule has 2 N–H and O–H groups in total. The average Bonchev–Trinajstić information content (AvgIpc) is 3.31. The van der Waals surface area contributed by atoms with E-state index in [1.165, 1.54) is 12.8 Å². The van der Waals surface area contributed by atoms with Crippen LogP contribution in [0.1, 0.15) is 51.2 Å². The van der Waals surface area contributed by atoms with E-state index in [4.69, 9.17) is 14.5 Å². The summed E-state index contributed by atoms with van der Waals surface area (Å²) in [4.78, 5) is 9.43. The lowest BCUT2D eigenvalue weighted by Gasteiger charge is -2.25. The second-order valence-corrected chi connectivity index (χ2v) is 7.58. The number of nitrogens with zero attached hydrogens (tertiary/aromatic N) is 4. The van der Waals surface area contributed by atoms with Gasteiger partial charge in [0, 0.05) is 45.9 Å². The molecule has 1 unspecified atom stereocenters. The molecule has 9 heteroatoms. The van der Waals surface area contributed by atoms with E-state index in [0.717, 1.165) is 69.7 Å². The number of fused-ring (bicyclic) bond motifs is 1. The van der Waals surface area contributed by atoms with Gasteiger partial charge < -0.3 is 20.1 Å². The summed E-state index contributed by atoms with van der Waals surface area (Å²) >= 11 is 0. The first-order valence-electron chi connectivity index (χ1n) is 10.2. The van der Waals surface area contributed by atoms with Crippen LogP contribution in [0, 0.1) is 5.41 Å². The van der Waals surface area contributed by atoms with E-state index in [1.807, 2.05) is 11.6 Å². The zero-order valence-corrected chi connectivity index (χ0v) is 19.7. The molecule has 28 heavy (non-hydrogen) atoms. The maximum atomic E-state index is 5.53. The van der Waals surface area contributed by atoms with Crippen molar-refractivity contribution < 1.29 is 9.47 Å². The number of halogens is 1. The normalized spacial score (nSPS) is 20.2. The third-order valence-corrected chi connectivity index (χ3v) is 5.37. The van der Waals surface area contributed by atoms with Crippen molar-refractivity contribution >= 4 is 29.9 Å². The number of aryl methyl sites for hydroxylation is 1. The molecule has 8 nitrogen and oxygen atoms in total. The van der Waals surface area contributed by atoms with Crippen LogP contribution in [-0.4, -0.2) is 60.2 Å². The van der Waals surface area contributed by atoms with Crippen molar-refractivity contribution in [1.82, 2.24) is 25.4 Å². The van der Waals surface area contributed by atoms with Crippen molar-refractivity contribution in [3.8, 4) is 0 Å². The third-order valence-electron chi connectivity index (χ3n) is 5.37. The summed E-state index contributed by atoms with van der Waals surface area (Å²) in [5.74, 6) is 2.72. The second-order valence-electron chi connectivity index (χ2n) is 7.58. The molecule has 1 saturated carbocycles. The van der Waals surface area contributed by atoms with Crippen LogP contribution in [0.25, 0.3) is 0 Å². The largest absolute Gasteiger partial charge is 0.382 e. The highest BCUT2D eigenvalue weighted by atomic mass is 127. The summed E-state index contributed by atoms with van der Waals surface area (Å²) in [6.07, 6.45) is 5.59. The first-order valence-corrected chi connectivity index (χ1v) is 10.2. The lowest BCUT2D eigenvalue weighted by Crippen LogP contribution is -2.47. The van der Waals surface area contributed by atoms with Gasteiger partial charge in [0.1, 0.15) is 12.4 Å². The number of hydrogen-bond acceptors (Lipinski definition) is 5. The van der Waals surface area contributed by atoms with Crippen LogP contribution >= 0.6 is 24.0 Å². The monoisotopic (exact) mass is 506 g/mol. The van der Waals surface area contributed by atoms with E-state index in [1.54, 1.807) is 7.11 Å². The molecule has 1 atom stereocenters. The standard InChI is InChI=1S/C19H34N6O2.HI/c1-4-20-18(21-14-19(8-9-19)10-11-27-5-2)22-15-6-7-17-23-16(13-26-3)24-25(17)12-15;/h15H,4-14H2,1-3H3,(H2,20,21,22);1H. The predicted octanol–water partition coefficient (Wildman–Crippen LogP) is 2.12. The van der Waals surface area contributed by atoms with E-state index in [2.05, 4.69) is 27.6 Å². The number of ether oxygens (including phenoxy) is 2. The zero-order valence-electron chi connectivity index (χ0n) is 17.4. The van der Waals surface area contributed by atoms with E-state index in [-0.39, 0.29) is 24.0 Å². The van der Waals surface area contributed by atoms with Crippen molar-refractivity contribution in [2.75, 3.05) is 33.4 Å². The first kappa shape index (κ1) is 23.3. The van der Waals surface area contributed by atoms with Gasteiger partial charge in [-0.3, -0.25) is 4.99 Å². The van der Waals surface area contributed by atoms with Crippen molar-refractivity contribution in [2.24, 2.45) is 10.4 Å². The number of aromatic nitrogens is 3. The Kier molecular flexibility index (Phi) is 9.42. The number of methoxy groups -OCH3 is 1. The lowest BCUT2D eigenvalue weighted by molar-refractivity contribution is 0.129. The Balaban J connectivity index is 0.00000280. The average molecular weight is 506 g/mol. The number of rotatable bonds is 10. The van der Waals surface area contributed by atoms with Crippen LogP contribution < -0.4 is 10.6 Å². The van der Waals surface area contributed by atoms with E-state index in [9.17, 15) is 0 Å². The van der Waals surface area contributed by atoms with Gasteiger partial charge in [0.05, 0.1) is 6.54 Å². The van der Waals surface area contributed by atoms with Gasteiger partial charge in [0.2, 0.25) is 0 Å². The highest BCUT2D eigenvalue weighted by Gasteiger charge is 2.42. The summed E-state index contributed by atoms with van der Waals surface area (Å²) in [6.45, 7) is 8.79. The smallest absolute Gasteiger partial charge is 0.191 e. The molecule has 0 saturated heterocycles. The molecule has 2 heterocycles. The molecule has 0 spiro atoms. The van der Waals surface area contributed by atoms with Gasteiger partial charge in [0.15, 0.2) is 11.8 Å². The van der Waals surface area contributed by atoms with Gasteiger partial charge in [-0.25, -0.2) is 9.67 Å². The van der Waals surface area contributed by atoms with Crippen molar-refractivity contribution in [3.63, 3.8) is 0 Å². The van der Waals surface area contributed by atoms with Crippen molar-refractivity contribution in [3.05, 3.63) is 11.6 Å². The Labute approximate surface area is 185 Å². The van der Waals surface area contributed by atoms with Gasteiger partial charge in [-0.1, -0.05) is 0 Å². The van der Waals surface area contributed by atoms with Gasteiger partial charge in [0.25, 0.3) is 0 Å². The van der Waals surface area contributed by atoms with Crippen LogP contribution in [0.5, 0.6) is 0 Å². The number of hydrogen-bond donors (Lipinski definition) is 2. The molecule has 0 aromatic carbocycles. The van der Waals surface area contributed by atoms with E-state index >= 15 is 0 Å². The van der Waals surface area contributed by atoms with Gasteiger partial charge in [-0.05, 0) is 44.9 Å². The summed E-state index contributed by atoms with van der Waals surface area (Å²) in [5.41, 5.74) is 0.359. The first-order chi connectivity index (χ1) is 13.2. The highest BCUT2D eigenvalue weighted by Crippen LogP contribution is 2.49. The molecule has 0 amide bonds. The minimum absolute atomic E-state index is 0. The molecule has 1 fully saturated rings. The quantitative estimate of drug-likeness (QED) is 0.219. The van der Waals surface area contributed by atoms with Gasteiger partial charge in [-0.2, -0.15) is 5.10 Å². The molecule has 1 aromatic heterocycles. The predicted molar refractivity (Wildman–Crippen MR) is 120 cm³/mol. The maximum Gasteiger partial charge on any atom is 0.191 e. The zero-order chi connectivity index (χ0) is 19.1. The molecule has 160 valence electrons. The maximum absolute atomic E-state index is 5.53. The van der Waals surface area contributed by atoms with Gasteiger partial charge >= 0.3 is 0 Å². The Hall–Kier alpha value is -0.940. The fourth-order valence-electron chi connectivity index (χ4n) is 3.53. The van der Waals surface area contributed by atoms with E-state index < -0.39 is 0 Å². The molecule has 1 aliphatic carbocycles. The molecular weight excluding hydrogens is 471 g/mol. The van der Waals surface area contributed by atoms with Crippen molar-refractivity contribution in [1.29, 1.82) is 0 Å². The fraction of sp³-hybridized carbons (Fsp3) is 0.842. The number of aliphatic imine (C=N–C) groups is 1. The fourth-order valence-corrected chi connectivity index (χ4v) is 3.53. The molecule has 2 aliphatic rings. The Morgan fingerprint density at radius 3 is 2.86 bits per heavy atom. The summed E-state index contributed by atoms with van der Waals surface area (Å²) in [5, 5.41) is 11.5. The van der Waals surface area contributed by atoms with Crippen LogP contribution in [0.4, 0.5) is 0 Å². The third kappa shape index (κ3) is 6.55. The topological polar surface area (TPSA) is 85.6 Å². The van der Waals surface area contributed by atoms with Crippen LogP contribution in [0.2, 0.25) is 0 Å². The van der Waals surface area contributed by atoms with Crippen LogP contribution in [-0.2, 0) is 29.0 Å². The Morgan fingerprint density at radius 2 is 2.18 bits per heavy atom. The lowest BCUT2D eigenvalue weighted by atomic mass is 10.0. The SMILES string of the molecule is CCNC(=NCC1(CCOCC)CC1)NC1CCc2nc(COC)nn2C1.I. The molecule has 1 aliphatic heterocycles. The highest BCUT2D eigenvalue weighted by molar-refractivity contribution is 14.0. The second kappa shape index (κ2) is 11.3. The Morgan fingerprint density at radius 1 is 1.36 bits per heavy atom. The number of nitrogens with one attached hydrogen (secondary N) is 2. The van der Waals surface area contributed by atoms with Crippen LogP contribution in [0.3, 0.4) is 0 Å². The number of guanidine groups is 1. The molecule has 0 radical (unpaired) electrons. The van der Waals surface area contributed by atoms with E-state index in [0.29, 0.717) is 18.1 Å². The summed E-state index contributed by atoms with van der Waals surface area (Å²) in [6, 6.07) is 0.311. The molecule has 1 aromatic rings. The minimum atomic E-state index is 0. The molecular formula is C19H35IN6O2. The molecule has 0 bridgehead atoms. The van der Waals surface area contributed by atoms with Crippen molar-refractivity contribution in [2.45, 2.75) is 65.1 Å². The van der Waals surface area contributed by atoms with Gasteiger partial charge in [-0.15, -0.1) is 24.0 Å². The Bertz CT molecular complexity index is 632.